The van der Waals surface area contributed by atoms with Gasteiger partial charge in [0.05, 0.1) is 0 Å². The Hall–Kier alpha value is -0.370. The molecule has 3 saturated carbocycles. The normalized spacial score (nSPS) is 37.8. The first kappa shape index (κ1) is 15.5. The van der Waals surface area contributed by atoms with E-state index in [1.54, 1.807) is 0 Å². The van der Waals surface area contributed by atoms with Gasteiger partial charge in [0.1, 0.15) is 5.78 Å². The monoisotopic (exact) mass is 291 g/mol. The molecule has 4 atom stereocenters. The number of carbonyl (C=O) groups is 1. The Morgan fingerprint density at radius 1 is 1.29 bits per heavy atom. The highest BCUT2D eigenvalue weighted by atomic mass is 16.1. The first-order valence-electron chi connectivity index (χ1n) is 9.25. The van der Waals surface area contributed by atoms with E-state index in [9.17, 15) is 4.79 Å². The maximum absolute atomic E-state index is 12.2. The summed E-state index contributed by atoms with van der Waals surface area (Å²) >= 11 is 0. The minimum absolute atomic E-state index is 0.331. The maximum Gasteiger partial charge on any atom is 0.136 e. The van der Waals surface area contributed by atoms with E-state index in [1.165, 1.54) is 51.5 Å². The van der Waals surface area contributed by atoms with E-state index >= 15 is 0 Å². The molecule has 0 aromatic heterocycles. The lowest BCUT2D eigenvalue weighted by Gasteiger charge is -2.42. The van der Waals surface area contributed by atoms with Crippen LogP contribution in [0, 0.1) is 23.2 Å². The Bertz CT molecular complexity index is 389. The molecule has 3 aliphatic carbocycles. The number of rotatable bonds is 6. The lowest BCUT2D eigenvalue weighted by molar-refractivity contribution is -0.130. The van der Waals surface area contributed by atoms with Crippen LogP contribution in [-0.2, 0) is 4.79 Å². The van der Waals surface area contributed by atoms with Crippen molar-refractivity contribution in [1.82, 2.24) is 4.90 Å². The number of carbonyl (C=O) groups excluding carboxylic acids is 1. The molecule has 2 nitrogen and oxygen atoms in total. The summed E-state index contributed by atoms with van der Waals surface area (Å²) in [6, 6.07) is 0.893. The van der Waals surface area contributed by atoms with Crippen molar-refractivity contribution < 1.29 is 4.79 Å². The van der Waals surface area contributed by atoms with Crippen molar-refractivity contribution in [1.29, 1.82) is 0 Å². The first-order valence-corrected chi connectivity index (χ1v) is 9.25. The Morgan fingerprint density at radius 3 is 2.76 bits per heavy atom. The zero-order valence-electron chi connectivity index (χ0n) is 14.2. The molecule has 0 unspecified atom stereocenters. The van der Waals surface area contributed by atoms with Gasteiger partial charge in [-0.25, -0.2) is 0 Å². The average molecular weight is 291 g/mol. The molecule has 0 saturated heterocycles. The summed E-state index contributed by atoms with van der Waals surface area (Å²) < 4.78 is 0. The molecule has 0 aromatic carbocycles. The summed E-state index contributed by atoms with van der Waals surface area (Å²) in [5.41, 5.74) is 0.331. The van der Waals surface area contributed by atoms with E-state index in [0.717, 1.165) is 30.7 Å². The summed E-state index contributed by atoms with van der Waals surface area (Å²) in [7, 11) is 2.29. The lowest BCUT2D eigenvalue weighted by Crippen LogP contribution is -2.39. The van der Waals surface area contributed by atoms with Gasteiger partial charge in [0.2, 0.25) is 0 Å². The SMILES string of the molecule is C[C@H](CCCN(C)C1CC1)[C@H]1CC[C@H]2C(=O)CCC[C@]12C. The minimum Gasteiger partial charge on any atom is -0.303 e. The Kier molecular flexibility index (Phi) is 4.45. The molecule has 3 rings (SSSR count). The van der Waals surface area contributed by atoms with Gasteiger partial charge in [0, 0.05) is 18.4 Å². The van der Waals surface area contributed by atoms with Crippen LogP contribution in [0.2, 0.25) is 0 Å². The summed E-state index contributed by atoms with van der Waals surface area (Å²) in [5.74, 6) is 2.55. The Labute approximate surface area is 130 Å². The quantitative estimate of drug-likeness (QED) is 0.728. The molecule has 0 heterocycles. The van der Waals surface area contributed by atoms with Crippen molar-refractivity contribution in [3.8, 4) is 0 Å². The highest BCUT2D eigenvalue weighted by Crippen LogP contribution is 2.57. The number of fused-ring (bicyclic) bond motifs is 1. The zero-order valence-corrected chi connectivity index (χ0v) is 14.2. The fourth-order valence-corrected chi connectivity index (χ4v) is 5.47. The third kappa shape index (κ3) is 3.06. The molecular formula is C19H33NO. The molecule has 0 N–H and O–H groups in total. The van der Waals surface area contributed by atoms with Gasteiger partial charge in [-0.15, -0.1) is 0 Å². The molecular weight excluding hydrogens is 258 g/mol. The molecule has 0 aliphatic heterocycles. The van der Waals surface area contributed by atoms with Crippen LogP contribution in [-0.4, -0.2) is 30.3 Å². The van der Waals surface area contributed by atoms with Gasteiger partial charge in [-0.1, -0.05) is 13.8 Å². The van der Waals surface area contributed by atoms with Crippen LogP contribution in [0.3, 0.4) is 0 Å². The smallest absolute Gasteiger partial charge is 0.136 e. The van der Waals surface area contributed by atoms with Gasteiger partial charge >= 0.3 is 0 Å². The number of Topliss-reactive ketones (excluding diaryl/α,β-unsaturated/α-hetero) is 1. The van der Waals surface area contributed by atoms with E-state index in [-0.39, 0.29) is 0 Å². The summed E-state index contributed by atoms with van der Waals surface area (Å²) in [5, 5.41) is 0. The number of ketones is 1. The maximum atomic E-state index is 12.2. The molecule has 3 fully saturated rings. The average Bonchev–Trinajstić information content (AvgIpc) is 3.21. The third-order valence-electron chi connectivity index (χ3n) is 6.96. The predicted molar refractivity (Wildman–Crippen MR) is 87.2 cm³/mol. The van der Waals surface area contributed by atoms with Gasteiger partial charge in [0.15, 0.2) is 0 Å². The topological polar surface area (TPSA) is 20.3 Å². The fourth-order valence-electron chi connectivity index (χ4n) is 5.47. The summed E-state index contributed by atoms with van der Waals surface area (Å²) in [4.78, 5) is 14.8. The van der Waals surface area contributed by atoms with Crippen molar-refractivity contribution in [3.63, 3.8) is 0 Å². The Balaban J connectivity index is 1.52. The van der Waals surface area contributed by atoms with Gasteiger partial charge < -0.3 is 4.90 Å². The van der Waals surface area contributed by atoms with Crippen molar-refractivity contribution in [2.24, 2.45) is 23.2 Å². The van der Waals surface area contributed by atoms with Crippen LogP contribution in [0.5, 0.6) is 0 Å². The van der Waals surface area contributed by atoms with E-state index < -0.39 is 0 Å². The van der Waals surface area contributed by atoms with Crippen LogP contribution in [0.25, 0.3) is 0 Å². The van der Waals surface area contributed by atoms with Crippen molar-refractivity contribution in [2.45, 2.75) is 77.7 Å². The highest BCUT2D eigenvalue weighted by Gasteiger charge is 2.52. The predicted octanol–water partition coefficient (Wildman–Crippen LogP) is 4.28. The van der Waals surface area contributed by atoms with E-state index in [4.69, 9.17) is 0 Å². The lowest BCUT2D eigenvalue weighted by atomic mass is 9.62. The Morgan fingerprint density at radius 2 is 2.05 bits per heavy atom. The second-order valence-electron chi connectivity index (χ2n) is 8.39. The minimum atomic E-state index is 0.331. The first-order chi connectivity index (χ1) is 10.0. The van der Waals surface area contributed by atoms with Gasteiger partial charge in [-0.3, -0.25) is 4.79 Å². The highest BCUT2D eigenvalue weighted by molar-refractivity contribution is 5.83. The van der Waals surface area contributed by atoms with Crippen LogP contribution in [0.4, 0.5) is 0 Å². The number of hydrogen-bond donors (Lipinski definition) is 0. The standard InChI is InChI=1S/C19H33NO/c1-14(6-5-13-20(3)15-8-9-15)16-10-11-17-18(21)7-4-12-19(16,17)2/h14-17H,4-13H2,1-3H3/t14-,16-,17+,19-/m1/s1. The van der Waals surface area contributed by atoms with Gasteiger partial charge in [0.25, 0.3) is 0 Å². The summed E-state index contributed by atoms with van der Waals surface area (Å²) in [6.07, 6.45) is 11.3. The molecule has 0 spiro atoms. The molecule has 3 aliphatic rings. The number of hydrogen-bond acceptors (Lipinski definition) is 2. The van der Waals surface area contributed by atoms with E-state index in [0.29, 0.717) is 17.1 Å². The fraction of sp³-hybridized carbons (Fsp3) is 0.947. The van der Waals surface area contributed by atoms with E-state index in [2.05, 4.69) is 25.8 Å². The molecule has 21 heavy (non-hydrogen) atoms. The molecule has 0 aromatic rings. The van der Waals surface area contributed by atoms with Gasteiger partial charge in [-0.2, -0.15) is 0 Å². The van der Waals surface area contributed by atoms with Crippen LogP contribution in [0.1, 0.15) is 71.6 Å². The van der Waals surface area contributed by atoms with Crippen LogP contribution < -0.4 is 0 Å². The molecule has 120 valence electrons. The molecule has 2 heteroatoms. The number of nitrogens with zero attached hydrogens (tertiary/aromatic N) is 1. The molecule has 0 radical (unpaired) electrons. The van der Waals surface area contributed by atoms with Crippen molar-refractivity contribution in [3.05, 3.63) is 0 Å². The largest absolute Gasteiger partial charge is 0.303 e. The van der Waals surface area contributed by atoms with E-state index in [1.807, 2.05) is 0 Å². The van der Waals surface area contributed by atoms with Crippen LogP contribution >= 0.6 is 0 Å². The van der Waals surface area contributed by atoms with Gasteiger partial charge in [-0.05, 0) is 82.2 Å². The van der Waals surface area contributed by atoms with Crippen molar-refractivity contribution >= 4 is 5.78 Å². The van der Waals surface area contributed by atoms with Crippen LogP contribution in [0.15, 0.2) is 0 Å². The summed E-state index contributed by atoms with van der Waals surface area (Å²) in [6.45, 7) is 6.15. The second kappa shape index (κ2) is 6.02. The zero-order chi connectivity index (χ0) is 15.0. The third-order valence-corrected chi connectivity index (χ3v) is 6.96. The molecule has 0 bridgehead atoms. The van der Waals surface area contributed by atoms with Crippen molar-refractivity contribution in [2.75, 3.05) is 13.6 Å². The second-order valence-corrected chi connectivity index (χ2v) is 8.39. The molecule has 0 amide bonds.